The normalized spacial score (nSPS) is 11.6. The number of hydrogen-bond donors (Lipinski definition) is 1. The van der Waals surface area contributed by atoms with E-state index in [4.69, 9.17) is 5.73 Å². The predicted octanol–water partition coefficient (Wildman–Crippen LogP) is 2.09. The second kappa shape index (κ2) is 6.66. The molecule has 118 valence electrons. The van der Waals surface area contributed by atoms with E-state index in [9.17, 15) is 26.7 Å². The molecule has 0 aliphatic rings. The zero-order valence-corrected chi connectivity index (χ0v) is 10.7. The topological polar surface area (TPSA) is 74.4 Å². The molecule has 21 heavy (non-hydrogen) atoms. The summed E-state index contributed by atoms with van der Waals surface area (Å²) >= 11 is 0. The third kappa shape index (κ3) is 4.52. The summed E-state index contributed by atoms with van der Waals surface area (Å²) in [5.41, 5.74) is 3.57. The van der Waals surface area contributed by atoms with Gasteiger partial charge in [-0.3, -0.25) is 9.78 Å². The van der Waals surface area contributed by atoms with Gasteiger partial charge >= 0.3 is 12.3 Å². The molecule has 2 N–H and O–H groups in total. The number of esters is 1. The minimum Gasteiger partial charge on any atom is -0.469 e. The van der Waals surface area contributed by atoms with Gasteiger partial charge in [-0.1, -0.05) is 0 Å². The van der Waals surface area contributed by atoms with Gasteiger partial charge in [0.15, 0.2) is 0 Å². The molecule has 0 spiro atoms. The van der Waals surface area contributed by atoms with E-state index in [0.717, 1.165) is 7.11 Å². The summed E-state index contributed by atoms with van der Waals surface area (Å²) in [7, 11) is 0.999. The Balaban J connectivity index is 3.45. The number of pyridine rings is 1. The van der Waals surface area contributed by atoms with Crippen molar-refractivity contribution in [1.29, 1.82) is 0 Å². The lowest BCUT2D eigenvalue weighted by atomic mass is 10.1. The first-order valence-corrected chi connectivity index (χ1v) is 5.51. The number of nitrogens with zero attached hydrogens (tertiary/aromatic N) is 1. The van der Waals surface area contributed by atoms with Gasteiger partial charge in [0.25, 0.3) is 6.43 Å². The summed E-state index contributed by atoms with van der Waals surface area (Å²) in [5, 5.41) is 0. The maximum Gasteiger partial charge on any atom is 0.573 e. The average Bonchev–Trinajstić information content (AvgIpc) is 2.38. The summed E-state index contributed by atoms with van der Waals surface area (Å²) in [6.45, 7) is -0.357. The van der Waals surface area contributed by atoms with E-state index in [-0.39, 0.29) is 12.2 Å². The van der Waals surface area contributed by atoms with Gasteiger partial charge in [-0.05, 0) is 0 Å². The molecule has 1 aromatic rings. The van der Waals surface area contributed by atoms with E-state index in [2.05, 4.69) is 14.5 Å². The highest BCUT2D eigenvalue weighted by molar-refractivity contribution is 5.74. The van der Waals surface area contributed by atoms with Crippen LogP contribution in [-0.2, 0) is 22.5 Å². The summed E-state index contributed by atoms with van der Waals surface area (Å²) in [4.78, 5) is 14.8. The average molecular weight is 314 g/mol. The molecule has 5 nitrogen and oxygen atoms in total. The molecule has 0 unspecified atom stereocenters. The van der Waals surface area contributed by atoms with Crippen molar-refractivity contribution in [2.24, 2.45) is 5.73 Å². The van der Waals surface area contributed by atoms with Gasteiger partial charge in [-0.15, -0.1) is 13.2 Å². The fraction of sp³-hybridized carbons (Fsp3) is 0.455. The molecule has 0 amide bonds. The SMILES string of the molecule is COC(=O)Cc1c(CN)ncc(C(F)F)c1OC(F)(F)F. The lowest BCUT2D eigenvalue weighted by Crippen LogP contribution is -2.22. The van der Waals surface area contributed by atoms with Gasteiger partial charge in [-0.25, -0.2) is 8.78 Å². The van der Waals surface area contributed by atoms with Crippen LogP contribution in [0.1, 0.15) is 23.2 Å². The number of ether oxygens (including phenoxy) is 2. The second-order valence-electron chi connectivity index (χ2n) is 3.77. The van der Waals surface area contributed by atoms with Crippen LogP contribution >= 0.6 is 0 Å². The van der Waals surface area contributed by atoms with E-state index >= 15 is 0 Å². The maximum absolute atomic E-state index is 12.8. The number of nitrogens with two attached hydrogens (primary N) is 1. The first kappa shape index (κ1) is 17.1. The van der Waals surface area contributed by atoms with Gasteiger partial charge in [0, 0.05) is 18.3 Å². The Labute approximate surface area is 115 Å². The highest BCUT2D eigenvalue weighted by Gasteiger charge is 2.36. The number of methoxy groups -OCH3 is 1. The van der Waals surface area contributed by atoms with Gasteiger partial charge in [-0.2, -0.15) is 0 Å². The van der Waals surface area contributed by atoms with Crippen molar-refractivity contribution in [2.75, 3.05) is 7.11 Å². The Morgan fingerprint density at radius 2 is 2.05 bits per heavy atom. The zero-order valence-electron chi connectivity index (χ0n) is 10.7. The number of carbonyl (C=O) groups is 1. The van der Waals surface area contributed by atoms with Crippen LogP contribution in [-0.4, -0.2) is 24.4 Å². The van der Waals surface area contributed by atoms with Crippen molar-refractivity contribution >= 4 is 5.97 Å². The van der Waals surface area contributed by atoms with Crippen LogP contribution < -0.4 is 10.5 Å². The quantitative estimate of drug-likeness (QED) is 0.665. The molecule has 0 aliphatic heterocycles. The second-order valence-corrected chi connectivity index (χ2v) is 3.77. The van der Waals surface area contributed by atoms with Crippen LogP contribution in [0.3, 0.4) is 0 Å². The van der Waals surface area contributed by atoms with Gasteiger partial charge in [0.1, 0.15) is 5.75 Å². The smallest absolute Gasteiger partial charge is 0.469 e. The van der Waals surface area contributed by atoms with Crippen molar-refractivity contribution in [1.82, 2.24) is 4.98 Å². The van der Waals surface area contributed by atoms with Crippen LogP contribution in [0.25, 0.3) is 0 Å². The summed E-state index contributed by atoms with van der Waals surface area (Å²) in [5.74, 6) is -2.11. The summed E-state index contributed by atoms with van der Waals surface area (Å²) in [6, 6.07) is 0. The lowest BCUT2D eigenvalue weighted by Gasteiger charge is -2.18. The molecule has 0 aliphatic carbocycles. The Hall–Kier alpha value is -1.97. The highest BCUT2D eigenvalue weighted by atomic mass is 19.4. The van der Waals surface area contributed by atoms with Crippen LogP contribution in [0.2, 0.25) is 0 Å². The summed E-state index contributed by atoms with van der Waals surface area (Å²) in [6.07, 6.45) is -8.66. The van der Waals surface area contributed by atoms with E-state index in [1.807, 2.05) is 0 Å². The maximum atomic E-state index is 12.8. The molecule has 0 saturated heterocycles. The number of halogens is 5. The predicted molar refractivity (Wildman–Crippen MR) is 59.5 cm³/mol. The van der Waals surface area contributed by atoms with E-state index in [1.165, 1.54) is 0 Å². The third-order valence-corrected chi connectivity index (χ3v) is 2.44. The third-order valence-electron chi connectivity index (χ3n) is 2.44. The van der Waals surface area contributed by atoms with Crippen LogP contribution in [0.4, 0.5) is 22.0 Å². The zero-order chi connectivity index (χ0) is 16.2. The van der Waals surface area contributed by atoms with Crippen LogP contribution in [0.5, 0.6) is 5.75 Å². The Kier molecular flexibility index (Phi) is 5.41. The van der Waals surface area contributed by atoms with Gasteiger partial charge < -0.3 is 15.2 Å². The number of carbonyl (C=O) groups excluding carboxylic acids is 1. The number of rotatable bonds is 5. The van der Waals surface area contributed by atoms with Gasteiger partial charge in [0.05, 0.1) is 24.8 Å². The molecule has 0 aromatic carbocycles. The van der Waals surface area contributed by atoms with Crippen molar-refractivity contribution in [3.05, 3.63) is 23.0 Å². The molecule has 0 radical (unpaired) electrons. The van der Waals surface area contributed by atoms with E-state index < -0.39 is 42.1 Å². The molecule has 0 fully saturated rings. The molecule has 10 heteroatoms. The number of hydrogen-bond acceptors (Lipinski definition) is 5. The van der Waals surface area contributed by atoms with Crippen molar-refractivity contribution < 1.29 is 36.2 Å². The highest BCUT2D eigenvalue weighted by Crippen LogP contribution is 2.37. The Morgan fingerprint density at radius 3 is 2.48 bits per heavy atom. The fourth-order valence-electron chi connectivity index (χ4n) is 1.56. The Morgan fingerprint density at radius 1 is 1.43 bits per heavy atom. The number of alkyl halides is 5. The van der Waals surface area contributed by atoms with Crippen molar-refractivity contribution in [3.63, 3.8) is 0 Å². The van der Waals surface area contributed by atoms with Crippen molar-refractivity contribution in [3.8, 4) is 5.75 Å². The minimum atomic E-state index is -5.21. The van der Waals surface area contributed by atoms with Gasteiger partial charge in [0.2, 0.25) is 0 Å². The molecular formula is C11H11F5N2O3. The summed E-state index contributed by atoms with van der Waals surface area (Å²) < 4.78 is 70.7. The lowest BCUT2D eigenvalue weighted by molar-refractivity contribution is -0.275. The molecule has 0 atom stereocenters. The van der Waals surface area contributed by atoms with E-state index in [0.29, 0.717) is 6.20 Å². The van der Waals surface area contributed by atoms with Crippen molar-refractivity contribution in [2.45, 2.75) is 25.8 Å². The first-order chi connectivity index (χ1) is 9.69. The number of aromatic nitrogens is 1. The standard InChI is InChI=1S/C11H11F5N2O3/c1-20-8(19)2-5-7(3-17)18-4-6(10(12)13)9(5)21-11(14,15)16/h4,10H,2-3,17H2,1H3. The first-order valence-electron chi connectivity index (χ1n) is 5.51. The van der Waals surface area contributed by atoms with Crippen LogP contribution in [0.15, 0.2) is 6.20 Å². The fourth-order valence-corrected chi connectivity index (χ4v) is 1.56. The molecule has 1 aromatic heterocycles. The molecule has 0 bridgehead atoms. The Bertz CT molecular complexity index is 519. The molecular weight excluding hydrogens is 303 g/mol. The minimum absolute atomic E-state index is 0.163. The van der Waals surface area contributed by atoms with E-state index in [1.54, 1.807) is 0 Å². The monoisotopic (exact) mass is 314 g/mol. The molecule has 0 saturated carbocycles. The van der Waals surface area contributed by atoms with Crippen LogP contribution in [0, 0.1) is 0 Å². The molecule has 1 rings (SSSR count). The largest absolute Gasteiger partial charge is 0.573 e. The molecule has 1 heterocycles.